The van der Waals surface area contributed by atoms with Crippen LogP contribution in [0.1, 0.15) is 40.5 Å². The Bertz CT molecular complexity index is 689. The number of aryl methyl sites for hydroxylation is 2. The van der Waals surface area contributed by atoms with E-state index in [0.29, 0.717) is 25.1 Å². The van der Waals surface area contributed by atoms with E-state index in [1.807, 2.05) is 18.4 Å². The van der Waals surface area contributed by atoms with E-state index in [-0.39, 0.29) is 6.61 Å². The summed E-state index contributed by atoms with van der Waals surface area (Å²) in [6, 6.07) is 3.83. The maximum atomic E-state index is 11.7. The smallest absolute Gasteiger partial charge is 0.337 e. The lowest BCUT2D eigenvalue weighted by Gasteiger charge is -2.09. The first kappa shape index (κ1) is 16.5. The standard InChI is InChI=1S/C17H24N2O3/c1-3-12-9-14-13(5-4-8-20)11(2)19(7-6-18)16(14)15(10-12)17(21)22/h9-10,20H,3-8,18H2,1-2H3,(H,21,22). The molecule has 0 aliphatic rings. The minimum absolute atomic E-state index is 0.127. The molecule has 1 aromatic heterocycles. The maximum absolute atomic E-state index is 11.7. The first-order valence-corrected chi connectivity index (χ1v) is 7.73. The number of aliphatic hydroxyl groups is 1. The molecule has 0 radical (unpaired) electrons. The zero-order chi connectivity index (χ0) is 16.3. The molecule has 0 atom stereocenters. The minimum atomic E-state index is -0.912. The van der Waals surface area contributed by atoms with Crippen molar-refractivity contribution in [3.05, 3.63) is 34.5 Å². The Morgan fingerprint density at radius 1 is 1.36 bits per heavy atom. The Morgan fingerprint density at radius 3 is 2.64 bits per heavy atom. The fourth-order valence-electron chi connectivity index (χ4n) is 3.09. The Hall–Kier alpha value is -1.85. The summed E-state index contributed by atoms with van der Waals surface area (Å²) >= 11 is 0. The van der Waals surface area contributed by atoms with Crippen LogP contribution in [0, 0.1) is 6.92 Å². The number of fused-ring (bicyclic) bond motifs is 1. The molecule has 0 unspecified atom stereocenters. The van der Waals surface area contributed by atoms with Crippen molar-refractivity contribution in [2.24, 2.45) is 5.73 Å². The van der Waals surface area contributed by atoms with E-state index in [4.69, 9.17) is 10.8 Å². The van der Waals surface area contributed by atoms with Gasteiger partial charge < -0.3 is 20.5 Å². The summed E-state index contributed by atoms with van der Waals surface area (Å²) in [6.07, 6.45) is 2.20. The highest BCUT2D eigenvalue weighted by atomic mass is 16.4. The number of aliphatic hydroxyl groups excluding tert-OH is 1. The van der Waals surface area contributed by atoms with Gasteiger partial charge in [0.05, 0.1) is 11.1 Å². The molecule has 2 aromatic rings. The summed E-state index contributed by atoms with van der Waals surface area (Å²) < 4.78 is 2.00. The highest BCUT2D eigenvalue weighted by Gasteiger charge is 2.20. The van der Waals surface area contributed by atoms with Crippen molar-refractivity contribution in [1.82, 2.24) is 4.57 Å². The van der Waals surface area contributed by atoms with Gasteiger partial charge in [0.2, 0.25) is 0 Å². The molecule has 1 aromatic carbocycles. The zero-order valence-electron chi connectivity index (χ0n) is 13.2. The van der Waals surface area contributed by atoms with Crippen molar-refractivity contribution in [1.29, 1.82) is 0 Å². The quantitative estimate of drug-likeness (QED) is 0.731. The van der Waals surface area contributed by atoms with Crippen molar-refractivity contribution in [3.8, 4) is 0 Å². The molecule has 5 nitrogen and oxygen atoms in total. The fraction of sp³-hybridized carbons (Fsp3) is 0.471. The highest BCUT2D eigenvalue weighted by molar-refractivity contribution is 6.04. The average Bonchev–Trinajstić information content (AvgIpc) is 2.77. The molecular weight excluding hydrogens is 280 g/mol. The maximum Gasteiger partial charge on any atom is 0.337 e. The second-order valence-corrected chi connectivity index (χ2v) is 5.53. The van der Waals surface area contributed by atoms with Gasteiger partial charge in [0.15, 0.2) is 0 Å². The monoisotopic (exact) mass is 304 g/mol. The lowest BCUT2D eigenvalue weighted by Crippen LogP contribution is -2.13. The van der Waals surface area contributed by atoms with E-state index >= 15 is 0 Å². The molecule has 0 aliphatic heterocycles. The highest BCUT2D eigenvalue weighted by Crippen LogP contribution is 2.31. The number of benzene rings is 1. The van der Waals surface area contributed by atoms with Gasteiger partial charge in [-0.3, -0.25) is 0 Å². The number of carboxylic acid groups (broad SMARTS) is 1. The van der Waals surface area contributed by atoms with Gasteiger partial charge >= 0.3 is 5.97 Å². The summed E-state index contributed by atoms with van der Waals surface area (Å²) in [7, 11) is 0. The number of hydrogen-bond donors (Lipinski definition) is 3. The molecule has 0 saturated heterocycles. The van der Waals surface area contributed by atoms with Crippen LogP contribution in [0.3, 0.4) is 0 Å². The molecule has 1 heterocycles. The van der Waals surface area contributed by atoms with Crippen LogP contribution in [0.5, 0.6) is 0 Å². The molecular formula is C17H24N2O3. The van der Waals surface area contributed by atoms with Crippen molar-refractivity contribution >= 4 is 16.9 Å². The van der Waals surface area contributed by atoms with Crippen LogP contribution in [0.15, 0.2) is 12.1 Å². The number of rotatable bonds is 7. The SMILES string of the molecule is CCc1cc(C(=O)O)c2c(c1)c(CCCO)c(C)n2CCN. The van der Waals surface area contributed by atoms with E-state index in [2.05, 4.69) is 6.07 Å². The summed E-state index contributed by atoms with van der Waals surface area (Å²) in [5, 5.41) is 19.7. The molecule has 0 saturated carbocycles. The van der Waals surface area contributed by atoms with Crippen LogP contribution in [0.25, 0.3) is 10.9 Å². The van der Waals surface area contributed by atoms with Crippen molar-refractivity contribution < 1.29 is 15.0 Å². The summed E-state index contributed by atoms with van der Waals surface area (Å²) in [5.41, 5.74) is 9.97. The third-order valence-corrected chi connectivity index (χ3v) is 4.18. The van der Waals surface area contributed by atoms with Gasteiger partial charge in [0, 0.05) is 30.8 Å². The third kappa shape index (κ3) is 2.87. The van der Waals surface area contributed by atoms with Crippen LogP contribution in [-0.4, -0.2) is 33.9 Å². The first-order valence-electron chi connectivity index (χ1n) is 7.73. The van der Waals surface area contributed by atoms with Crippen LogP contribution in [0.2, 0.25) is 0 Å². The molecule has 0 bridgehead atoms. The lowest BCUT2D eigenvalue weighted by molar-refractivity contribution is 0.0698. The van der Waals surface area contributed by atoms with Gasteiger partial charge in [0.1, 0.15) is 0 Å². The van der Waals surface area contributed by atoms with Crippen molar-refractivity contribution in [3.63, 3.8) is 0 Å². The summed E-state index contributed by atoms with van der Waals surface area (Å²) in [4.78, 5) is 11.7. The van der Waals surface area contributed by atoms with Gasteiger partial charge in [-0.15, -0.1) is 0 Å². The van der Waals surface area contributed by atoms with E-state index < -0.39 is 5.97 Å². The first-order chi connectivity index (χ1) is 10.5. The van der Waals surface area contributed by atoms with Gasteiger partial charge in [-0.1, -0.05) is 6.92 Å². The second-order valence-electron chi connectivity index (χ2n) is 5.53. The number of nitrogens with two attached hydrogens (primary N) is 1. The number of aromatic carboxylic acids is 1. The number of nitrogens with zero attached hydrogens (tertiary/aromatic N) is 1. The molecule has 0 aliphatic carbocycles. The van der Waals surface area contributed by atoms with Crippen molar-refractivity contribution in [2.45, 2.75) is 39.7 Å². The molecule has 0 amide bonds. The second kappa shape index (κ2) is 6.94. The van der Waals surface area contributed by atoms with Crippen molar-refractivity contribution in [2.75, 3.05) is 13.2 Å². The van der Waals surface area contributed by atoms with Gasteiger partial charge in [0.25, 0.3) is 0 Å². The number of aromatic nitrogens is 1. The van der Waals surface area contributed by atoms with Crippen LogP contribution >= 0.6 is 0 Å². The predicted molar refractivity (Wildman–Crippen MR) is 87.5 cm³/mol. The molecule has 4 N–H and O–H groups in total. The van der Waals surface area contributed by atoms with E-state index in [9.17, 15) is 9.90 Å². The largest absolute Gasteiger partial charge is 0.478 e. The summed E-state index contributed by atoms with van der Waals surface area (Å²) in [6.45, 7) is 5.19. The van der Waals surface area contributed by atoms with E-state index in [1.54, 1.807) is 6.07 Å². The summed E-state index contributed by atoms with van der Waals surface area (Å²) in [5.74, 6) is -0.912. The van der Waals surface area contributed by atoms with E-state index in [1.165, 1.54) is 0 Å². The lowest BCUT2D eigenvalue weighted by atomic mass is 10.00. The number of carboxylic acids is 1. The normalized spacial score (nSPS) is 11.3. The molecule has 2 rings (SSSR count). The minimum Gasteiger partial charge on any atom is -0.478 e. The van der Waals surface area contributed by atoms with Crippen LogP contribution in [0.4, 0.5) is 0 Å². The molecule has 5 heteroatoms. The molecule has 22 heavy (non-hydrogen) atoms. The van der Waals surface area contributed by atoms with Crippen LogP contribution in [-0.2, 0) is 19.4 Å². The Balaban J connectivity index is 2.80. The van der Waals surface area contributed by atoms with Gasteiger partial charge in [-0.2, -0.15) is 0 Å². The Labute approximate surface area is 130 Å². The fourth-order valence-corrected chi connectivity index (χ4v) is 3.09. The van der Waals surface area contributed by atoms with Crippen LogP contribution < -0.4 is 5.73 Å². The Morgan fingerprint density at radius 2 is 2.09 bits per heavy atom. The molecule has 120 valence electrons. The van der Waals surface area contributed by atoms with Gasteiger partial charge in [-0.05, 0) is 49.4 Å². The zero-order valence-corrected chi connectivity index (χ0v) is 13.2. The number of hydrogen-bond acceptors (Lipinski definition) is 3. The number of carbonyl (C=O) groups is 1. The molecule has 0 fully saturated rings. The van der Waals surface area contributed by atoms with Gasteiger partial charge in [-0.25, -0.2) is 4.79 Å². The van der Waals surface area contributed by atoms with E-state index in [0.717, 1.165) is 40.6 Å². The predicted octanol–water partition coefficient (Wildman–Crippen LogP) is 2.09. The Kier molecular flexibility index (Phi) is 5.21. The topological polar surface area (TPSA) is 88.5 Å². The third-order valence-electron chi connectivity index (χ3n) is 4.18. The molecule has 0 spiro atoms. The average molecular weight is 304 g/mol.